The zero-order valence-electron chi connectivity index (χ0n) is 11.4. The van der Waals surface area contributed by atoms with Crippen LogP contribution < -0.4 is 10.5 Å². The van der Waals surface area contributed by atoms with Crippen LogP contribution >= 0.6 is 0 Å². The topological polar surface area (TPSA) is 78.6 Å². The quantitative estimate of drug-likeness (QED) is 0.792. The Kier molecular flexibility index (Phi) is 5.36. The third kappa shape index (κ3) is 4.62. The highest BCUT2D eigenvalue weighted by atomic mass is 16.6. The number of nitrogens with two attached hydrogens (primary N) is 1. The van der Waals surface area contributed by atoms with E-state index in [-0.39, 0.29) is 12.5 Å². The second-order valence-electron chi connectivity index (χ2n) is 4.52. The predicted molar refractivity (Wildman–Crippen MR) is 70.8 cm³/mol. The molecule has 1 aromatic rings. The largest absolute Gasteiger partial charge is 0.482 e. The molecule has 1 rings (SSSR count). The molecule has 0 spiro atoms. The smallest absolute Gasteiger partial charge is 0.344 e. The molecule has 0 aromatic heterocycles. The highest BCUT2D eigenvalue weighted by molar-refractivity contribution is 5.82. The second kappa shape index (κ2) is 6.78. The highest BCUT2D eigenvalue weighted by Crippen LogP contribution is 2.25. The van der Waals surface area contributed by atoms with E-state index >= 15 is 0 Å². The lowest BCUT2D eigenvalue weighted by Crippen LogP contribution is -2.32. The fourth-order valence-corrected chi connectivity index (χ4v) is 1.51. The van der Waals surface area contributed by atoms with Crippen LogP contribution in [-0.2, 0) is 14.3 Å². The van der Waals surface area contributed by atoms with Crippen molar-refractivity contribution in [3.05, 3.63) is 29.8 Å². The summed E-state index contributed by atoms with van der Waals surface area (Å²) in [5, 5.41) is 0. The van der Waals surface area contributed by atoms with Crippen molar-refractivity contribution >= 4 is 11.9 Å². The summed E-state index contributed by atoms with van der Waals surface area (Å²) >= 11 is 0. The van der Waals surface area contributed by atoms with Crippen LogP contribution in [0.4, 0.5) is 0 Å². The summed E-state index contributed by atoms with van der Waals surface area (Å²) in [4.78, 5) is 22.2. The van der Waals surface area contributed by atoms with Crippen LogP contribution in [0.3, 0.4) is 0 Å². The number of amides is 1. The van der Waals surface area contributed by atoms with E-state index in [2.05, 4.69) is 0 Å². The lowest BCUT2D eigenvalue weighted by Gasteiger charge is -2.14. The molecule has 0 aliphatic rings. The number of para-hydroxylation sites is 1. The van der Waals surface area contributed by atoms with Crippen LogP contribution in [0.2, 0.25) is 0 Å². The Balaban J connectivity index is 2.58. The molecule has 0 unspecified atom stereocenters. The fourth-order valence-electron chi connectivity index (χ4n) is 1.51. The molecule has 0 radical (unpaired) electrons. The first kappa shape index (κ1) is 15.0. The van der Waals surface area contributed by atoms with E-state index in [1.165, 1.54) is 6.92 Å². The van der Waals surface area contributed by atoms with Gasteiger partial charge >= 0.3 is 5.97 Å². The molecule has 0 heterocycles. The number of ether oxygens (including phenoxy) is 2. The minimum Gasteiger partial charge on any atom is -0.482 e. The number of primary amides is 1. The summed E-state index contributed by atoms with van der Waals surface area (Å²) in [6.45, 7) is 5.25. The van der Waals surface area contributed by atoms with E-state index in [4.69, 9.17) is 15.2 Å². The molecule has 1 atom stereocenters. The molecule has 0 aliphatic carbocycles. The van der Waals surface area contributed by atoms with Crippen LogP contribution in [-0.4, -0.2) is 24.6 Å². The standard InChI is InChI=1S/C14H19NO4/c1-9(2)11-6-4-5-7-12(11)18-8-13(16)19-10(3)14(15)17/h4-7,9-10H,8H2,1-3H3,(H2,15,17)/t10-/m0/s1. The molecule has 0 saturated heterocycles. The Morgan fingerprint density at radius 1 is 1.21 bits per heavy atom. The van der Waals surface area contributed by atoms with Crippen molar-refractivity contribution in [3.8, 4) is 5.75 Å². The molecule has 19 heavy (non-hydrogen) atoms. The number of hydrogen-bond donors (Lipinski definition) is 1. The minimum atomic E-state index is -0.948. The van der Waals surface area contributed by atoms with Gasteiger partial charge in [-0.2, -0.15) is 0 Å². The maximum atomic E-state index is 11.5. The molecule has 5 heteroatoms. The summed E-state index contributed by atoms with van der Waals surface area (Å²) in [7, 11) is 0. The minimum absolute atomic E-state index is 0.249. The predicted octanol–water partition coefficient (Wildman–Crippen LogP) is 1.61. The van der Waals surface area contributed by atoms with Crippen molar-refractivity contribution in [2.75, 3.05) is 6.61 Å². The number of benzene rings is 1. The van der Waals surface area contributed by atoms with Gasteiger partial charge in [-0.1, -0.05) is 32.0 Å². The number of hydrogen-bond acceptors (Lipinski definition) is 4. The molecule has 0 aliphatic heterocycles. The van der Waals surface area contributed by atoms with E-state index in [0.717, 1.165) is 5.56 Å². The maximum Gasteiger partial charge on any atom is 0.344 e. The van der Waals surface area contributed by atoms with Crippen molar-refractivity contribution in [1.82, 2.24) is 0 Å². The molecule has 0 bridgehead atoms. The first-order chi connectivity index (χ1) is 8.91. The van der Waals surface area contributed by atoms with Crippen LogP contribution in [0.1, 0.15) is 32.3 Å². The van der Waals surface area contributed by atoms with Gasteiger partial charge in [0.2, 0.25) is 0 Å². The average Bonchev–Trinajstić information content (AvgIpc) is 2.36. The normalized spacial score (nSPS) is 12.0. The zero-order valence-corrected chi connectivity index (χ0v) is 11.4. The van der Waals surface area contributed by atoms with Gasteiger partial charge in [-0.05, 0) is 24.5 Å². The summed E-state index contributed by atoms with van der Waals surface area (Å²) in [6.07, 6.45) is -0.948. The zero-order chi connectivity index (χ0) is 14.4. The monoisotopic (exact) mass is 265 g/mol. The summed E-state index contributed by atoms with van der Waals surface area (Å²) in [6, 6.07) is 7.48. The number of carbonyl (C=O) groups excluding carboxylic acids is 2. The fraction of sp³-hybridized carbons (Fsp3) is 0.429. The van der Waals surface area contributed by atoms with Gasteiger partial charge in [0.05, 0.1) is 0 Å². The summed E-state index contributed by atoms with van der Waals surface area (Å²) in [5.74, 6) is -0.376. The molecule has 2 N–H and O–H groups in total. The Hall–Kier alpha value is -2.04. The first-order valence-corrected chi connectivity index (χ1v) is 6.12. The first-order valence-electron chi connectivity index (χ1n) is 6.12. The maximum absolute atomic E-state index is 11.5. The molecule has 104 valence electrons. The third-order valence-electron chi connectivity index (χ3n) is 2.60. The van der Waals surface area contributed by atoms with Crippen LogP contribution in [0.5, 0.6) is 5.75 Å². The van der Waals surface area contributed by atoms with Gasteiger partial charge in [0.1, 0.15) is 5.75 Å². The van der Waals surface area contributed by atoms with E-state index in [9.17, 15) is 9.59 Å². The molecule has 5 nitrogen and oxygen atoms in total. The second-order valence-corrected chi connectivity index (χ2v) is 4.52. The molecule has 0 fully saturated rings. The van der Waals surface area contributed by atoms with E-state index in [0.29, 0.717) is 5.75 Å². The Bertz CT molecular complexity index is 457. The van der Waals surface area contributed by atoms with Gasteiger partial charge in [-0.15, -0.1) is 0 Å². The van der Waals surface area contributed by atoms with Crippen molar-refractivity contribution < 1.29 is 19.1 Å². The van der Waals surface area contributed by atoms with E-state index in [1.807, 2.05) is 32.0 Å². The van der Waals surface area contributed by atoms with Crippen LogP contribution in [0.25, 0.3) is 0 Å². The Labute approximate surface area is 112 Å². The number of carbonyl (C=O) groups is 2. The lowest BCUT2D eigenvalue weighted by molar-refractivity contribution is -0.155. The van der Waals surface area contributed by atoms with Gasteiger partial charge in [0.25, 0.3) is 5.91 Å². The molecule has 1 aromatic carbocycles. The van der Waals surface area contributed by atoms with Gasteiger partial charge in [0, 0.05) is 0 Å². The van der Waals surface area contributed by atoms with Crippen molar-refractivity contribution in [2.24, 2.45) is 5.73 Å². The lowest BCUT2D eigenvalue weighted by atomic mass is 10.0. The molecule has 0 saturated carbocycles. The summed E-state index contributed by atoms with van der Waals surface area (Å²) < 4.78 is 10.2. The average molecular weight is 265 g/mol. The van der Waals surface area contributed by atoms with Crippen molar-refractivity contribution in [3.63, 3.8) is 0 Å². The SMILES string of the molecule is CC(C)c1ccccc1OCC(=O)O[C@@H](C)C(N)=O. The van der Waals surface area contributed by atoms with E-state index < -0.39 is 18.0 Å². The third-order valence-corrected chi connectivity index (χ3v) is 2.60. The Morgan fingerprint density at radius 3 is 2.42 bits per heavy atom. The molecular formula is C14H19NO4. The van der Waals surface area contributed by atoms with Gasteiger partial charge in [-0.25, -0.2) is 4.79 Å². The van der Waals surface area contributed by atoms with Crippen LogP contribution in [0.15, 0.2) is 24.3 Å². The highest BCUT2D eigenvalue weighted by Gasteiger charge is 2.15. The van der Waals surface area contributed by atoms with Gasteiger partial charge in [0.15, 0.2) is 12.7 Å². The van der Waals surface area contributed by atoms with Crippen molar-refractivity contribution in [2.45, 2.75) is 32.8 Å². The van der Waals surface area contributed by atoms with Gasteiger partial charge < -0.3 is 15.2 Å². The number of esters is 1. The Morgan fingerprint density at radius 2 is 1.84 bits per heavy atom. The molecule has 1 amide bonds. The van der Waals surface area contributed by atoms with E-state index in [1.54, 1.807) is 6.07 Å². The molecular weight excluding hydrogens is 246 g/mol. The van der Waals surface area contributed by atoms with Crippen LogP contribution in [0, 0.1) is 0 Å². The number of rotatable bonds is 6. The van der Waals surface area contributed by atoms with Gasteiger partial charge in [-0.3, -0.25) is 4.79 Å². The summed E-state index contributed by atoms with van der Waals surface area (Å²) in [5.41, 5.74) is 6.01. The van der Waals surface area contributed by atoms with Crippen molar-refractivity contribution in [1.29, 1.82) is 0 Å².